The zero-order valence-electron chi connectivity index (χ0n) is 11.3. The van der Waals surface area contributed by atoms with Crippen LogP contribution < -0.4 is 15.4 Å². The van der Waals surface area contributed by atoms with E-state index in [0.717, 1.165) is 11.3 Å². The van der Waals surface area contributed by atoms with Crippen molar-refractivity contribution >= 4 is 29.2 Å². The molecule has 1 aromatic heterocycles. The third-order valence-electron chi connectivity index (χ3n) is 2.81. The maximum absolute atomic E-state index is 11.9. The van der Waals surface area contributed by atoms with Crippen molar-refractivity contribution in [2.24, 2.45) is 0 Å². The Morgan fingerprint density at radius 2 is 2.10 bits per heavy atom. The molecule has 106 valence electrons. The van der Waals surface area contributed by atoms with E-state index in [1.165, 1.54) is 0 Å². The number of nitrogens with zero attached hydrogens (tertiary/aromatic N) is 1. The summed E-state index contributed by atoms with van der Waals surface area (Å²) >= 11 is 6.03. The van der Waals surface area contributed by atoms with Gasteiger partial charge in [0.15, 0.2) is 0 Å². The van der Waals surface area contributed by atoms with E-state index in [-0.39, 0.29) is 0 Å². The van der Waals surface area contributed by atoms with Crippen molar-refractivity contribution in [2.45, 2.75) is 13.8 Å². The molecule has 1 aromatic carbocycles. The van der Waals surface area contributed by atoms with Crippen molar-refractivity contribution in [3.63, 3.8) is 0 Å². The van der Waals surface area contributed by atoms with Crippen LogP contribution in [0.3, 0.4) is 0 Å². The van der Waals surface area contributed by atoms with Gasteiger partial charge in [-0.05, 0) is 26.0 Å². The highest BCUT2D eigenvalue weighted by Crippen LogP contribution is 2.27. The minimum absolute atomic E-state index is 0.310. The van der Waals surface area contributed by atoms with Crippen molar-refractivity contribution in [3.8, 4) is 5.75 Å². The van der Waals surface area contributed by atoms with E-state index in [2.05, 4.69) is 15.8 Å². The maximum atomic E-state index is 11.9. The van der Waals surface area contributed by atoms with E-state index < -0.39 is 6.03 Å². The third kappa shape index (κ3) is 3.03. The predicted molar refractivity (Wildman–Crippen MR) is 76.6 cm³/mol. The Balaban J connectivity index is 2.06. The molecule has 0 radical (unpaired) electrons. The summed E-state index contributed by atoms with van der Waals surface area (Å²) in [6.45, 7) is 3.60. The van der Waals surface area contributed by atoms with E-state index in [1.54, 1.807) is 32.2 Å². The first-order valence-corrected chi connectivity index (χ1v) is 6.23. The van der Waals surface area contributed by atoms with Crippen LogP contribution in [0.1, 0.15) is 11.3 Å². The van der Waals surface area contributed by atoms with Gasteiger partial charge in [-0.15, -0.1) is 0 Å². The van der Waals surface area contributed by atoms with Crippen LogP contribution in [0.2, 0.25) is 5.02 Å². The molecule has 2 rings (SSSR count). The van der Waals surface area contributed by atoms with Crippen LogP contribution in [0, 0.1) is 13.8 Å². The van der Waals surface area contributed by atoms with Gasteiger partial charge in [-0.3, -0.25) is 5.32 Å². The van der Waals surface area contributed by atoms with Crippen LogP contribution in [0.4, 0.5) is 16.4 Å². The number of halogens is 1. The van der Waals surface area contributed by atoms with Gasteiger partial charge in [0, 0.05) is 11.6 Å². The average Bonchev–Trinajstić information content (AvgIpc) is 2.73. The predicted octanol–water partition coefficient (Wildman–Crippen LogP) is 3.60. The summed E-state index contributed by atoms with van der Waals surface area (Å²) in [5.74, 6) is 0.923. The van der Waals surface area contributed by atoms with Crippen molar-refractivity contribution in [1.29, 1.82) is 0 Å². The molecular formula is C13H14ClN3O3. The highest BCUT2D eigenvalue weighted by Gasteiger charge is 2.13. The summed E-state index contributed by atoms with van der Waals surface area (Å²) in [6.07, 6.45) is 0. The van der Waals surface area contributed by atoms with E-state index in [4.69, 9.17) is 20.9 Å². The Bertz CT molecular complexity index is 640. The zero-order valence-corrected chi connectivity index (χ0v) is 12.0. The van der Waals surface area contributed by atoms with E-state index in [0.29, 0.717) is 22.3 Å². The Kier molecular flexibility index (Phi) is 4.14. The van der Waals surface area contributed by atoms with Gasteiger partial charge in [-0.1, -0.05) is 16.8 Å². The number of hydrogen-bond acceptors (Lipinski definition) is 4. The van der Waals surface area contributed by atoms with Crippen molar-refractivity contribution < 1.29 is 14.1 Å². The number of aromatic nitrogens is 1. The molecule has 20 heavy (non-hydrogen) atoms. The van der Waals surface area contributed by atoms with Crippen LogP contribution in [0.5, 0.6) is 5.75 Å². The summed E-state index contributed by atoms with van der Waals surface area (Å²) < 4.78 is 10.0. The molecule has 0 fully saturated rings. The summed E-state index contributed by atoms with van der Waals surface area (Å²) in [4.78, 5) is 11.9. The van der Waals surface area contributed by atoms with Gasteiger partial charge in [0.25, 0.3) is 0 Å². The second-order valence-corrected chi connectivity index (χ2v) is 4.55. The van der Waals surface area contributed by atoms with Crippen molar-refractivity contribution in [2.75, 3.05) is 17.7 Å². The molecule has 7 heteroatoms. The number of benzene rings is 1. The molecule has 0 saturated carbocycles. The standard InChI is InChI=1S/C13H14ClN3O3/c1-7-8(2)17-20-12(7)16-13(18)15-11-5-4-9(19-3)6-10(11)14/h4-6H,1-3H3,(H2,15,16,18). The number of amides is 2. The summed E-state index contributed by atoms with van der Waals surface area (Å²) in [5, 5.41) is 9.32. The number of anilines is 2. The fraction of sp³-hybridized carbons (Fsp3) is 0.231. The van der Waals surface area contributed by atoms with Gasteiger partial charge in [-0.25, -0.2) is 4.79 Å². The topological polar surface area (TPSA) is 76.4 Å². The molecule has 2 N–H and O–H groups in total. The molecule has 0 aliphatic carbocycles. The average molecular weight is 296 g/mol. The van der Waals surface area contributed by atoms with Gasteiger partial charge >= 0.3 is 6.03 Å². The van der Waals surface area contributed by atoms with Gasteiger partial charge in [0.1, 0.15) is 5.75 Å². The largest absolute Gasteiger partial charge is 0.497 e. The fourth-order valence-electron chi connectivity index (χ4n) is 1.51. The SMILES string of the molecule is COc1ccc(NC(=O)Nc2onc(C)c2C)c(Cl)c1. The Morgan fingerprint density at radius 1 is 1.35 bits per heavy atom. The molecule has 0 spiro atoms. The first-order valence-electron chi connectivity index (χ1n) is 5.85. The van der Waals surface area contributed by atoms with E-state index in [9.17, 15) is 4.79 Å². The van der Waals surface area contributed by atoms with Crippen LogP contribution in [-0.2, 0) is 0 Å². The Morgan fingerprint density at radius 3 is 2.65 bits per heavy atom. The number of rotatable bonds is 3. The Labute approximate surface area is 121 Å². The Hall–Kier alpha value is -2.21. The van der Waals surface area contributed by atoms with Gasteiger partial charge in [0.2, 0.25) is 5.88 Å². The molecule has 0 saturated heterocycles. The first kappa shape index (κ1) is 14.2. The number of carbonyl (C=O) groups is 1. The van der Waals surface area contributed by atoms with Crippen molar-refractivity contribution in [1.82, 2.24) is 5.16 Å². The molecule has 0 aliphatic heterocycles. The highest BCUT2D eigenvalue weighted by atomic mass is 35.5. The van der Waals surface area contributed by atoms with Gasteiger partial charge in [-0.2, -0.15) is 0 Å². The van der Waals surface area contributed by atoms with Crippen LogP contribution in [0.15, 0.2) is 22.7 Å². The number of carbonyl (C=O) groups excluding carboxylic acids is 1. The van der Waals surface area contributed by atoms with Gasteiger partial charge < -0.3 is 14.6 Å². The summed E-state index contributed by atoms with van der Waals surface area (Å²) in [7, 11) is 1.54. The summed E-state index contributed by atoms with van der Waals surface area (Å²) in [5.41, 5.74) is 1.97. The number of hydrogen-bond donors (Lipinski definition) is 2. The molecule has 6 nitrogen and oxygen atoms in total. The first-order chi connectivity index (χ1) is 9.51. The molecule has 1 heterocycles. The molecule has 0 aliphatic rings. The van der Waals surface area contributed by atoms with E-state index in [1.807, 2.05) is 6.92 Å². The number of nitrogens with one attached hydrogen (secondary N) is 2. The lowest BCUT2D eigenvalue weighted by Gasteiger charge is -2.08. The number of urea groups is 1. The minimum atomic E-state index is -0.462. The quantitative estimate of drug-likeness (QED) is 0.907. The van der Waals surface area contributed by atoms with Crippen LogP contribution >= 0.6 is 11.6 Å². The molecule has 0 atom stereocenters. The monoisotopic (exact) mass is 295 g/mol. The second-order valence-electron chi connectivity index (χ2n) is 4.15. The minimum Gasteiger partial charge on any atom is -0.497 e. The highest BCUT2D eigenvalue weighted by molar-refractivity contribution is 6.34. The third-order valence-corrected chi connectivity index (χ3v) is 3.12. The molecule has 0 bridgehead atoms. The lowest BCUT2D eigenvalue weighted by atomic mass is 10.3. The second kappa shape index (κ2) is 5.83. The number of ether oxygens (including phenoxy) is 1. The van der Waals surface area contributed by atoms with Crippen molar-refractivity contribution in [3.05, 3.63) is 34.5 Å². The summed E-state index contributed by atoms with van der Waals surface area (Å²) in [6, 6.07) is 4.50. The maximum Gasteiger partial charge on any atom is 0.326 e. The van der Waals surface area contributed by atoms with Crippen LogP contribution in [0.25, 0.3) is 0 Å². The lowest BCUT2D eigenvalue weighted by Crippen LogP contribution is -2.19. The molecular weight excluding hydrogens is 282 g/mol. The van der Waals surface area contributed by atoms with Gasteiger partial charge in [0.05, 0.1) is 23.5 Å². The molecule has 0 unspecified atom stereocenters. The van der Waals surface area contributed by atoms with Crippen LogP contribution in [-0.4, -0.2) is 18.3 Å². The smallest absolute Gasteiger partial charge is 0.326 e. The lowest BCUT2D eigenvalue weighted by molar-refractivity contribution is 0.261. The van der Waals surface area contributed by atoms with E-state index >= 15 is 0 Å². The molecule has 2 aromatic rings. The molecule has 2 amide bonds. The zero-order chi connectivity index (χ0) is 14.7. The number of aryl methyl sites for hydroxylation is 1. The fourth-order valence-corrected chi connectivity index (χ4v) is 1.73. The number of methoxy groups -OCH3 is 1. The normalized spacial score (nSPS) is 10.2.